The maximum absolute atomic E-state index is 12.6. The fraction of sp³-hybridized carbons (Fsp3) is 0.455. The van der Waals surface area contributed by atoms with Gasteiger partial charge in [0.2, 0.25) is 0 Å². The molecule has 0 atom stereocenters. The molecule has 2 N–H and O–H groups in total. The predicted octanol–water partition coefficient (Wildman–Crippen LogP) is 2.02. The van der Waals surface area contributed by atoms with Crippen molar-refractivity contribution in [2.75, 3.05) is 12.3 Å². The van der Waals surface area contributed by atoms with Crippen molar-refractivity contribution in [3.8, 4) is 0 Å². The van der Waals surface area contributed by atoms with Gasteiger partial charge in [0, 0.05) is 17.3 Å². The summed E-state index contributed by atoms with van der Waals surface area (Å²) in [5.74, 6) is -0.421. The van der Waals surface area contributed by atoms with E-state index in [1.54, 1.807) is 6.92 Å². The molecule has 0 aromatic carbocycles. The lowest BCUT2D eigenvalue weighted by atomic mass is 10.0. The standard InChI is InChI=1S/C11H14F2N2O2/c1-3-17-9(16)4-7-6(2)8(10(12)13)5-15-11(7)14/h5,10H,3-4H2,1-2H3,(H2,14,15). The molecular formula is C11H14F2N2O2. The van der Waals surface area contributed by atoms with E-state index < -0.39 is 12.4 Å². The van der Waals surface area contributed by atoms with E-state index in [0.29, 0.717) is 11.1 Å². The zero-order chi connectivity index (χ0) is 13.0. The number of aromatic nitrogens is 1. The van der Waals surface area contributed by atoms with Gasteiger partial charge in [0.25, 0.3) is 6.43 Å². The normalized spacial score (nSPS) is 10.6. The van der Waals surface area contributed by atoms with Crippen LogP contribution in [0, 0.1) is 6.92 Å². The van der Waals surface area contributed by atoms with Crippen LogP contribution in [-0.2, 0) is 16.0 Å². The van der Waals surface area contributed by atoms with Crippen molar-refractivity contribution in [2.24, 2.45) is 0 Å². The Morgan fingerprint density at radius 2 is 2.24 bits per heavy atom. The van der Waals surface area contributed by atoms with Crippen LogP contribution in [-0.4, -0.2) is 17.6 Å². The van der Waals surface area contributed by atoms with Gasteiger partial charge in [0.05, 0.1) is 13.0 Å². The molecule has 0 amide bonds. The first kappa shape index (κ1) is 13.3. The molecule has 1 aromatic rings. The molecule has 6 heteroatoms. The number of hydrogen-bond donors (Lipinski definition) is 1. The quantitative estimate of drug-likeness (QED) is 0.823. The van der Waals surface area contributed by atoms with E-state index in [0.717, 1.165) is 6.20 Å². The molecule has 0 aliphatic heterocycles. The van der Waals surface area contributed by atoms with Gasteiger partial charge in [0.1, 0.15) is 5.82 Å². The van der Waals surface area contributed by atoms with E-state index in [2.05, 4.69) is 4.98 Å². The molecule has 0 aliphatic carbocycles. The lowest BCUT2D eigenvalue weighted by Gasteiger charge is -2.12. The molecule has 0 bridgehead atoms. The van der Waals surface area contributed by atoms with Gasteiger partial charge in [0.15, 0.2) is 0 Å². The van der Waals surface area contributed by atoms with E-state index in [1.807, 2.05) is 0 Å². The van der Waals surface area contributed by atoms with Gasteiger partial charge in [-0.3, -0.25) is 4.79 Å². The average molecular weight is 244 g/mol. The third-order valence-corrected chi connectivity index (χ3v) is 2.40. The molecule has 1 aromatic heterocycles. The zero-order valence-electron chi connectivity index (χ0n) is 9.67. The highest BCUT2D eigenvalue weighted by molar-refractivity contribution is 5.75. The second kappa shape index (κ2) is 5.56. The number of carbonyl (C=O) groups is 1. The van der Waals surface area contributed by atoms with E-state index >= 15 is 0 Å². The Hall–Kier alpha value is -1.72. The number of nitrogens with two attached hydrogens (primary N) is 1. The molecule has 0 aliphatic rings. The van der Waals surface area contributed by atoms with Crippen molar-refractivity contribution < 1.29 is 18.3 Å². The maximum Gasteiger partial charge on any atom is 0.310 e. The molecule has 1 heterocycles. The fourth-order valence-corrected chi connectivity index (χ4v) is 1.48. The van der Waals surface area contributed by atoms with Gasteiger partial charge >= 0.3 is 5.97 Å². The molecule has 0 saturated heterocycles. The number of halogens is 2. The summed E-state index contributed by atoms with van der Waals surface area (Å²) in [6.07, 6.45) is -1.74. The summed E-state index contributed by atoms with van der Waals surface area (Å²) in [6.45, 7) is 3.40. The first-order valence-electron chi connectivity index (χ1n) is 5.15. The van der Waals surface area contributed by atoms with Crippen molar-refractivity contribution >= 4 is 11.8 Å². The van der Waals surface area contributed by atoms with Gasteiger partial charge in [-0.25, -0.2) is 13.8 Å². The van der Waals surface area contributed by atoms with Crippen LogP contribution in [0.15, 0.2) is 6.20 Å². The number of carbonyl (C=O) groups excluding carboxylic acids is 1. The summed E-state index contributed by atoms with van der Waals surface area (Å²) in [4.78, 5) is 15.0. The van der Waals surface area contributed by atoms with Crippen molar-refractivity contribution in [1.82, 2.24) is 4.98 Å². The third-order valence-electron chi connectivity index (χ3n) is 2.40. The number of rotatable bonds is 4. The van der Waals surface area contributed by atoms with Crippen LogP contribution in [0.5, 0.6) is 0 Å². The van der Waals surface area contributed by atoms with E-state index in [9.17, 15) is 13.6 Å². The third kappa shape index (κ3) is 3.12. The van der Waals surface area contributed by atoms with Gasteiger partial charge in [-0.2, -0.15) is 0 Å². The molecule has 1 rings (SSSR count). The van der Waals surface area contributed by atoms with Gasteiger partial charge in [-0.15, -0.1) is 0 Å². The summed E-state index contributed by atoms with van der Waals surface area (Å²) in [7, 11) is 0. The lowest BCUT2D eigenvalue weighted by Crippen LogP contribution is -2.12. The first-order valence-corrected chi connectivity index (χ1v) is 5.15. The highest BCUT2D eigenvalue weighted by Crippen LogP contribution is 2.27. The number of anilines is 1. The number of hydrogen-bond acceptors (Lipinski definition) is 4. The van der Waals surface area contributed by atoms with E-state index in [1.165, 1.54) is 6.92 Å². The second-order valence-electron chi connectivity index (χ2n) is 3.48. The van der Waals surface area contributed by atoms with Gasteiger partial charge in [-0.05, 0) is 19.4 Å². The number of esters is 1. The summed E-state index contributed by atoms with van der Waals surface area (Å²) >= 11 is 0. The maximum atomic E-state index is 12.6. The minimum atomic E-state index is -2.64. The SMILES string of the molecule is CCOC(=O)Cc1c(N)ncc(C(F)F)c1C. The Balaban J connectivity index is 3.05. The first-order chi connectivity index (χ1) is 7.97. The van der Waals surface area contributed by atoms with Crippen LogP contribution in [0.4, 0.5) is 14.6 Å². The Kier molecular flexibility index (Phi) is 4.37. The molecule has 94 valence electrons. The number of alkyl halides is 2. The fourth-order valence-electron chi connectivity index (χ4n) is 1.48. The molecule has 17 heavy (non-hydrogen) atoms. The number of nitrogen functional groups attached to an aromatic ring is 1. The minimum Gasteiger partial charge on any atom is -0.466 e. The Labute approximate surface area is 97.8 Å². The topological polar surface area (TPSA) is 65.2 Å². The van der Waals surface area contributed by atoms with Gasteiger partial charge < -0.3 is 10.5 Å². The highest BCUT2D eigenvalue weighted by atomic mass is 19.3. The van der Waals surface area contributed by atoms with Crippen LogP contribution in [0.1, 0.15) is 30.0 Å². The number of pyridine rings is 1. The van der Waals surface area contributed by atoms with Crippen molar-refractivity contribution in [3.63, 3.8) is 0 Å². The Bertz CT molecular complexity index is 422. The van der Waals surface area contributed by atoms with Crippen molar-refractivity contribution in [1.29, 1.82) is 0 Å². The molecule has 0 spiro atoms. The van der Waals surface area contributed by atoms with Gasteiger partial charge in [-0.1, -0.05) is 0 Å². The molecule has 0 radical (unpaired) electrons. The molecule has 0 unspecified atom stereocenters. The molecule has 4 nitrogen and oxygen atoms in total. The van der Waals surface area contributed by atoms with Crippen LogP contribution >= 0.6 is 0 Å². The zero-order valence-corrected chi connectivity index (χ0v) is 9.67. The Morgan fingerprint density at radius 3 is 2.76 bits per heavy atom. The van der Waals surface area contributed by atoms with E-state index in [-0.39, 0.29) is 24.4 Å². The minimum absolute atomic E-state index is 0.0833. The van der Waals surface area contributed by atoms with Crippen LogP contribution in [0.3, 0.4) is 0 Å². The second-order valence-corrected chi connectivity index (χ2v) is 3.48. The Morgan fingerprint density at radius 1 is 1.59 bits per heavy atom. The smallest absolute Gasteiger partial charge is 0.310 e. The number of ether oxygens (including phenoxy) is 1. The molecular weight excluding hydrogens is 230 g/mol. The monoisotopic (exact) mass is 244 g/mol. The highest BCUT2D eigenvalue weighted by Gasteiger charge is 2.18. The lowest BCUT2D eigenvalue weighted by molar-refractivity contribution is -0.142. The average Bonchev–Trinajstić information content (AvgIpc) is 2.24. The molecule has 0 fully saturated rings. The van der Waals surface area contributed by atoms with Crippen LogP contribution in [0.25, 0.3) is 0 Å². The van der Waals surface area contributed by atoms with Crippen LogP contribution in [0.2, 0.25) is 0 Å². The van der Waals surface area contributed by atoms with Crippen LogP contribution < -0.4 is 5.73 Å². The summed E-state index contributed by atoms with van der Waals surface area (Å²) in [5, 5.41) is 0. The summed E-state index contributed by atoms with van der Waals surface area (Å²) < 4.78 is 30.0. The number of nitrogens with zero attached hydrogens (tertiary/aromatic N) is 1. The summed E-state index contributed by atoms with van der Waals surface area (Å²) in [5.41, 5.74) is 5.96. The summed E-state index contributed by atoms with van der Waals surface area (Å²) in [6, 6.07) is 0. The largest absolute Gasteiger partial charge is 0.466 e. The van der Waals surface area contributed by atoms with Crippen molar-refractivity contribution in [2.45, 2.75) is 26.7 Å². The predicted molar refractivity (Wildman–Crippen MR) is 58.7 cm³/mol. The van der Waals surface area contributed by atoms with E-state index in [4.69, 9.17) is 10.5 Å². The molecule has 0 saturated carbocycles. The van der Waals surface area contributed by atoms with Crippen molar-refractivity contribution in [3.05, 3.63) is 22.9 Å².